The second-order valence-corrected chi connectivity index (χ2v) is 5.32. The Morgan fingerprint density at radius 1 is 1.44 bits per heavy atom. The van der Waals surface area contributed by atoms with Gasteiger partial charge < -0.3 is 9.53 Å². The van der Waals surface area contributed by atoms with Crippen LogP contribution in [0.15, 0.2) is 0 Å². The number of carbonyl (C=O) groups is 2. The van der Waals surface area contributed by atoms with Gasteiger partial charge in [0.05, 0.1) is 13.0 Å². The van der Waals surface area contributed by atoms with E-state index in [9.17, 15) is 9.59 Å². The molecule has 90 valence electrons. The van der Waals surface area contributed by atoms with E-state index in [1.165, 1.54) is 7.11 Å². The average molecular weight is 224 g/mol. The van der Waals surface area contributed by atoms with E-state index in [0.29, 0.717) is 30.1 Å². The molecule has 0 heterocycles. The maximum absolute atomic E-state index is 11.7. The summed E-state index contributed by atoms with van der Waals surface area (Å²) in [6.45, 7) is 2.23. The van der Waals surface area contributed by atoms with Crippen molar-refractivity contribution in [2.24, 2.45) is 29.6 Å². The van der Waals surface area contributed by atoms with Gasteiger partial charge in [0.2, 0.25) is 0 Å². The standard InChI is InChI=1S/C13H20O3/c1-8-3-4-10(13(15)16-2)12(8)11-7-9(11)5-6-14/h6,8-12H,3-5,7H2,1-2H3/t8-,9+,10-,11-,12-/m1/s1. The van der Waals surface area contributed by atoms with Crippen LogP contribution in [0.3, 0.4) is 0 Å². The van der Waals surface area contributed by atoms with Crippen molar-refractivity contribution in [1.29, 1.82) is 0 Å². The van der Waals surface area contributed by atoms with Crippen molar-refractivity contribution in [2.45, 2.75) is 32.6 Å². The van der Waals surface area contributed by atoms with Gasteiger partial charge in [-0.3, -0.25) is 4.79 Å². The lowest BCUT2D eigenvalue weighted by molar-refractivity contribution is -0.147. The summed E-state index contributed by atoms with van der Waals surface area (Å²) in [6, 6.07) is 0. The number of carbonyl (C=O) groups excluding carboxylic acids is 2. The van der Waals surface area contributed by atoms with Gasteiger partial charge in [0, 0.05) is 6.42 Å². The number of esters is 1. The first-order valence-corrected chi connectivity index (χ1v) is 6.20. The number of aldehydes is 1. The third-order valence-corrected chi connectivity index (χ3v) is 4.43. The largest absolute Gasteiger partial charge is 0.469 e. The summed E-state index contributed by atoms with van der Waals surface area (Å²) < 4.78 is 4.88. The molecule has 3 nitrogen and oxygen atoms in total. The van der Waals surface area contributed by atoms with Crippen LogP contribution in [0.25, 0.3) is 0 Å². The molecule has 0 aromatic rings. The highest BCUT2D eigenvalue weighted by Crippen LogP contribution is 2.55. The molecule has 2 aliphatic carbocycles. The van der Waals surface area contributed by atoms with Gasteiger partial charge >= 0.3 is 5.97 Å². The molecule has 0 unspecified atom stereocenters. The molecule has 0 radical (unpaired) electrons. The van der Waals surface area contributed by atoms with E-state index in [4.69, 9.17) is 4.74 Å². The van der Waals surface area contributed by atoms with Crippen LogP contribution in [0, 0.1) is 29.6 Å². The van der Waals surface area contributed by atoms with Crippen LogP contribution < -0.4 is 0 Å². The summed E-state index contributed by atoms with van der Waals surface area (Å²) in [6.07, 6.45) is 4.89. The highest BCUT2D eigenvalue weighted by molar-refractivity contribution is 5.73. The zero-order valence-corrected chi connectivity index (χ0v) is 10.0. The van der Waals surface area contributed by atoms with Gasteiger partial charge in [0.25, 0.3) is 0 Å². The minimum Gasteiger partial charge on any atom is -0.469 e. The Balaban J connectivity index is 2.00. The zero-order chi connectivity index (χ0) is 11.7. The average Bonchev–Trinajstić information content (AvgIpc) is 2.92. The molecule has 3 heteroatoms. The molecule has 16 heavy (non-hydrogen) atoms. The molecule has 0 aromatic carbocycles. The van der Waals surface area contributed by atoms with Crippen LogP contribution >= 0.6 is 0 Å². The van der Waals surface area contributed by atoms with E-state index in [-0.39, 0.29) is 11.9 Å². The Hall–Kier alpha value is -0.860. The van der Waals surface area contributed by atoms with E-state index >= 15 is 0 Å². The number of rotatable bonds is 4. The van der Waals surface area contributed by atoms with Gasteiger partial charge in [0.1, 0.15) is 6.29 Å². The first-order chi connectivity index (χ1) is 7.69. The van der Waals surface area contributed by atoms with E-state index in [1.807, 2.05) is 0 Å². The summed E-state index contributed by atoms with van der Waals surface area (Å²) >= 11 is 0. The van der Waals surface area contributed by atoms with E-state index < -0.39 is 0 Å². The topological polar surface area (TPSA) is 43.4 Å². The monoisotopic (exact) mass is 224 g/mol. The fraction of sp³-hybridized carbons (Fsp3) is 0.846. The van der Waals surface area contributed by atoms with Crippen LogP contribution in [0.5, 0.6) is 0 Å². The van der Waals surface area contributed by atoms with Crippen LogP contribution in [0.1, 0.15) is 32.6 Å². The fourth-order valence-corrected chi connectivity index (χ4v) is 3.51. The third kappa shape index (κ3) is 2.00. The smallest absolute Gasteiger partial charge is 0.308 e. The highest BCUT2D eigenvalue weighted by atomic mass is 16.5. The molecule has 0 amide bonds. The first-order valence-electron chi connectivity index (χ1n) is 6.20. The molecule has 0 N–H and O–H groups in total. The third-order valence-electron chi connectivity index (χ3n) is 4.43. The van der Waals surface area contributed by atoms with Crippen molar-refractivity contribution in [3.05, 3.63) is 0 Å². The van der Waals surface area contributed by atoms with Crippen molar-refractivity contribution in [3.8, 4) is 0 Å². The fourth-order valence-electron chi connectivity index (χ4n) is 3.51. The molecular formula is C13H20O3. The highest BCUT2D eigenvalue weighted by Gasteiger charge is 2.51. The normalized spacial score (nSPS) is 41.8. The van der Waals surface area contributed by atoms with E-state index in [1.54, 1.807) is 0 Å². The lowest BCUT2D eigenvalue weighted by Gasteiger charge is -2.21. The predicted molar refractivity (Wildman–Crippen MR) is 59.7 cm³/mol. The Morgan fingerprint density at radius 3 is 2.81 bits per heavy atom. The molecule has 0 aromatic heterocycles. The Labute approximate surface area is 96.5 Å². The summed E-state index contributed by atoms with van der Waals surface area (Å²) in [5.41, 5.74) is 0. The zero-order valence-electron chi connectivity index (χ0n) is 10.0. The lowest BCUT2D eigenvalue weighted by Crippen LogP contribution is -2.25. The van der Waals surface area contributed by atoms with Crippen molar-refractivity contribution in [1.82, 2.24) is 0 Å². The quantitative estimate of drug-likeness (QED) is 0.542. The summed E-state index contributed by atoms with van der Waals surface area (Å²) in [5, 5.41) is 0. The van der Waals surface area contributed by atoms with Gasteiger partial charge in [-0.25, -0.2) is 0 Å². The minimum absolute atomic E-state index is 0.0499. The van der Waals surface area contributed by atoms with Crippen molar-refractivity contribution in [2.75, 3.05) is 7.11 Å². The predicted octanol–water partition coefficient (Wildman–Crippen LogP) is 2.05. The first kappa shape index (κ1) is 11.6. The molecule has 0 aliphatic heterocycles. The lowest BCUT2D eigenvalue weighted by atomic mass is 9.85. The second kappa shape index (κ2) is 4.56. The molecule has 2 fully saturated rings. The molecular weight excluding hydrogens is 204 g/mol. The minimum atomic E-state index is -0.0499. The Bertz CT molecular complexity index is 287. The molecule has 0 bridgehead atoms. The SMILES string of the molecule is COC(=O)[C@@H]1CC[C@@H](C)[C@H]1[C@@H]1C[C@@H]1CC=O. The van der Waals surface area contributed by atoms with Crippen molar-refractivity contribution >= 4 is 12.3 Å². The Morgan fingerprint density at radius 2 is 2.19 bits per heavy atom. The van der Waals surface area contributed by atoms with E-state index in [2.05, 4.69) is 6.92 Å². The van der Waals surface area contributed by atoms with E-state index in [0.717, 1.165) is 25.5 Å². The van der Waals surface area contributed by atoms with Crippen LogP contribution in [-0.2, 0) is 14.3 Å². The van der Waals surface area contributed by atoms with Gasteiger partial charge in [-0.2, -0.15) is 0 Å². The molecule has 0 saturated heterocycles. The van der Waals surface area contributed by atoms with Gasteiger partial charge in [-0.15, -0.1) is 0 Å². The van der Waals surface area contributed by atoms with Gasteiger partial charge in [-0.1, -0.05) is 6.92 Å². The second-order valence-electron chi connectivity index (χ2n) is 5.32. The molecule has 5 atom stereocenters. The number of methoxy groups -OCH3 is 1. The molecule has 2 rings (SSSR count). The van der Waals surface area contributed by atoms with Crippen molar-refractivity contribution < 1.29 is 14.3 Å². The molecule has 2 aliphatic rings. The summed E-state index contributed by atoms with van der Waals surface area (Å²) in [4.78, 5) is 22.2. The number of hydrogen-bond donors (Lipinski definition) is 0. The Kier molecular flexibility index (Phi) is 3.31. The number of ether oxygens (including phenoxy) is 1. The molecule has 0 spiro atoms. The van der Waals surface area contributed by atoms with Crippen LogP contribution in [0.2, 0.25) is 0 Å². The summed E-state index contributed by atoms with van der Waals surface area (Å²) in [5.74, 6) is 2.22. The van der Waals surface area contributed by atoms with Crippen LogP contribution in [0.4, 0.5) is 0 Å². The maximum atomic E-state index is 11.7. The van der Waals surface area contributed by atoms with Gasteiger partial charge in [-0.05, 0) is 42.9 Å². The maximum Gasteiger partial charge on any atom is 0.308 e. The van der Waals surface area contributed by atoms with Gasteiger partial charge in [0.15, 0.2) is 0 Å². The summed E-state index contributed by atoms with van der Waals surface area (Å²) in [7, 11) is 1.47. The van der Waals surface area contributed by atoms with Crippen molar-refractivity contribution in [3.63, 3.8) is 0 Å². The van der Waals surface area contributed by atoms with Crippen LogP contribution in [-0.4, -0.2) is 19.4 Å². The number of hydrogen-bond acceptors (Lipinski definition) is 3. The molecule has 2 saturated carbocycles.